The molecule has 2 rings (SSSR count). The van der Waals surface area contributed by atoms with E-state index in [4.69, 9.17) is 9.84 Å². The summed E-state index contributed by atoms with van der Waals surface area (Å²) in [4.78, 5) is 0. The molecule has 0 heterocycles. The van der Waals surface area contributed by atoms with E-state index in [9.17, 15) is 8.42 Å². The largest absolute Gasteiger partial charge is 1.00 e. The monoisotopic (exact) mass is 320 g/mol. The Kier molecular flexibility index (Phi) is 6.50. The molecule has 0 aliphatic rings. The summed E-state index contributed by atoms with van der Waals surface area (Å²) in [6.07, 6.45) is 0. The van der Waals surface area contributed by atoms with Crippen LogP contribution in [0.5, 0.6) is 23.0 Å². The van der Waals surface area contributed by atoms with Gasteiger partial charge in [0.15, 0.2) is 0 Å². The zero-order valence-electron chi connectivity index (χ0n) is 12.5. The number of benzene rings is 2. The van der Waals surface area contributed by atoms with Crippen molar-refractivity contribution in [1.82, 2.24) is 0 Å². The molecule has 2 aromatic rings. The van der Waals surface area contributed by atoms with Crippen molar-refractivity contribution in [2.75, 3.05) is 7.11 Å². The third-order valence-corrected chi connectivity index (χ3v) is 3.10. The SMILES string of the molecule is COS(=O)(=O)Oc1ccc(Oc2ccc(O)cc2)cc1.[H-].[Na+]. The fourth-order valence-corrected chi connectivity index (χ4v) is 1.78. The Morgan fingerprint density at radius 1 is 0.905 bits per heavy atom. The maximum Gasteiger partial charge on any atom is 1.00 e. The minimum atomic E-state index is -4.02. The van der Waals surface area contributed by atoms with E-state index in [0.29, 0.717) is 11.5 Å². The van der Waals surface area contributed by atoms with Gasteiger partial charge in [0.1, 0.15) is 23.0 Å². The molecule has 0 spiro atoms. The molecule has 0 saturated carbocycles. The maximum atomic E-state index is 11.1. The van der Waals surface area contributed by atoms with Crippen molar-refractivity contribution in [2.45, 2.75) is 0 Å². The van der Waals surface area contributed by atoms with Crippen LogP contribution >= 0.6 is 0 Å². The van der Waals surface area contributed by atoms with Gasteiger partial charge < -0.3 is 15.5 Å². The van der Waals surface area contributed by atoms with Gasteiger partial charge in [-0.25, -0.2) is 4.18 Å². The summed E-state index contributed by atoms with van der Waals surface area (Å²) in [7, 11) is -3.01. The normalized spacial score (nSPS) is 10.5. The van der Waals surface area contributed by atoms with Gasteiger partial charge in [0.25, 0.3) is 0 Å². The molecular formula is C13H13NaO6S. The van der Waals surface area contributed by atoms with Crippen LogP contribution in [0.25, 0.3) is 0 Å². The Hall–Kier alpha value is -1.25. The van der Waals surface area contributed by atoms with E-state index >= 15 is 0 Å². The molecule has 2 aromatic carbocycles. The predicted octanol–water partition coefficient (Wildman–Crippen LogP) is -0.429. The maximum absolute atomic E-state index is 11.1. The van der Waals surface area contributed by atoms with Gasteiger partial charge in [-0.3, -0.25) is 0 Å². The number of aromatic hydroxyl groups is 1. The third-order valence-electron chi connectivity index (χ3n) is 2.30. The van der Waals surface area contributed by atoms with Gasteiger partial charge in [0.05, 0.1) is 7.11 Å². The average Bonchev–Trinajstić information content (AvgIpc) is 2.43. The molecule has 6 nitrogen and oxygen atoms in total. The minimum Gasteiger partial charge on any atom is -1.00 e. The molecule has 0 aliphatic carbocycles. The Morgan fingerprint density at radius 2 is 1.33 bits per heavy atom. The molecule has 0 saturated heterocycles. The van der Waals surface area contributed by atoms with Crippen LogP contribution in [0.4, 0.5) is 0 Å². The number of phenols is 1. The van der Waals surface area contributed by atoms with E-state index in [1.54, 1.807) is 24.3 Å². The van der Waals surface area contributed by atoms with Crippen LogP contribution in [0.2, 0.25) is 0 Å². The van der Waals surface area contributed by atoms with Crippen LogP contribution < -0.4 is 38.5 Å². The van der Waals surface area contributed by atoms with Gasteiger partial charge in [0.2, 0.25) is 0 Å². The summed E-state index contributed by atoms with van der Waals surface area (Å²) in [5.74, 6) is 1.30. The van der Waals surface area contributed by atoms with E-state index in [0.717, 1.165) is 7.11 Å². The summed E-state index contributed by atoms with van der Waals surface area (Å²) in [6.45, 7) is 0. The van der Waals surface area contributed by atoms with Crippen molar-refractivity contribution in [3.63, 3.8) is 0 Å². The van der Waals surface area contributed by atoms with E-state index in [-0.39, 0.29) is 42.5 Å². The number of rotatable bonds is 5. The second-order valence-corrected chi connectivity index (χ2v) is 5.04. The summed E-state index contributed by atoms with van der Waals surface area (Å²) in [5, 5.41) is 9.15. The molecule has 0 unspecified atom stereocenters. The molecule has 1 N–H and O–H groups in total. The van der Waals surface area contributed by atoms with Crippen molar-refractivity contribution in [3.05, 3.63) is 48.5 Å². The molecule has 21 heavy (non-hydrogen) atoms. The molecular weight excluding hydrogens is 307 g/mol. The van der Waals surface area contributed by atoms with Gasteiger partial charge in [0, 0.05) is 0 Å². The van der Waals surface area contributed by atoms with Crippen molar-refractivity contribution in [1.29, 1.82) is 0 Å². The third kappa shape index (κ3) is 5.56. The number of hydrogen-bond acceptors (Lipinski definition) is 6. The van der Waals surface area contributed by atoms with Gasteiger partial charge in [-0.05, 0) is 48.5 Å². The smallest absolute Gasteiger partial charge is 1.00 e. The summed E-state index contributed by atoms with van der Waals surface area (Å²) in [5.41, 5.74) is 0. The number of phenolic OH excluding ortho intramolecular Hbond substituents is 1. The fraction of sp³-hybridized carbons (Fsp3) is 0.0769. The molecule has 8 heteroatoms. The van der Waals surface area contributed by atoms with Crippen LogP contribution in [-0.4, -0.2) is 20.6 Å². The molecule has 0 bridgehead atoms. The number of hydrogen-bond donors (Lipinski definition) is 1. The van der Waals surface area contributed by atoms with Crippen LogP contribution in [-0.2, 0) is 14.6 Å². The molecule has 0 fully saturated rings. The van der Waals surface area contributed by atoms with Gasteiger partial charge >= 0.3 is 40.0 Å². The second kappa shape index (κ2) is 7.67. The van der Waals surface area contributed by atoms with Crippen molar-refractivity contribution in [3.8, 4) is 23.0 Å². The van der Waals surface area contributed by atoms with E-state index in [1.807, 2.05) is 0 Å². The van der Waals surface area contributed by atoms with Crippen LogP contribution in [0.1, 0.15) is 1.43 Å². The molecule has 0 atom stereocenters. The second-order valence-electron chi connectivity index (χ2n) is 3.73. The van der Waals surface area contributed by atoms with Gasteiger partial charge in [-0.15, -0.1) is 0 Å². The fourth-order valence-electron chi connectivity index (χ4n) is 1.37. The first kappa shape index (κ1) is 17.8. The summed E-state index contributed by atoms with van der Waals surface area (Å²) < 4.78 is 36.5. The van der Waals surface area contributed by atoms with Crippen molar-refractivity contribution in [2.24, 2.45) is 0 Å². The quantitative estimate of drug-likeness (QED) is 0.753. The first-order valence-electron chi connectivity index (χ1n) is 5.55. The number of ether oxygens (including phenoxy) is 1. The Bertz CT molecular complexity index is 673. The predicted molar refractivity (Wildman–Crippen MR) is 72.3 cm³/mol. The van der Waals surface area contributed by atoms with E-state index in [1.165, 1.54) is 24.3 Å². The standard InChI is InChI=1S/C13H12O6S.Na.H/c1-17-20(15,16)19-13-8-6-12(7-9-13)18-11-4-2-10(14)3-5-11;;/h2-9,14H,1H3;;/q;+1;-1. The first-order valence-corrected chi connectivity index (χ1v) is 6.89. The van der Waals surface area contributed by atoms with Crippen LogP contribution in [0.3, 0.4) is 0 Å². The average molecular weight is 320 g/mol. The van der Waals surface area contributed by atoms with Crippen LogP contribution in [0.15, 0.2) is 48.5 Å². The topological polar surface area (TPSA) is 82.1 Å². The summed E-state index contributed by atoms with van der Waals surface area (Å²) in [6, 6.07) is 12.2. The van der Waals surface area contributed by atoms with E-state index in [2.05, 4.69) is 8.37 Å². The Morgan fingerprint density at radius 3 is 1.81 bits per heavy atom. The first-order chi connectivity index (χ1) is 9.48. The van der Waals surface area contributed by atoms with Crippen molar-refractivity contribution >= 4 is 10.4 Å². The molecule has 108 valence electrons. The summed E-state index contributed by atoms with van der Waals surface area (Å²) >= 11 is 0. The zero-order chi connectivity index (χ0) is 14.6. The van der Waals surface area contributed by atoms with Crippen LogP contribution in [0, 0.1) is 0 Å². The van der Waals surface area contributed by atoms with Gasteiger partial charge in [-0.2, -0.15) is 8.42 Å². The Labute approximate surface area is 146 Å². The molecule has 0 aliphatic heterocycles. The van der Waals surface area contributed by atoms with E-state index < -0.39 is 10.4 Å². The van der Waals surface area contributed by atoms with Crippen molar-refractivity contribution < 1.29 is 57.6 Å². The Balaban J connectivity index is 0.00000220. The molecule has 0 aromatic heterocycles. The van der Waals surface area contributed by atoms with Gasteiger partial charge in [-0.1, -0.05) is 0 Å². The minimum absolute atomic E-state index is 0. The zero-order valence-corrected chi connectivity index (χ0v) is 14.3. The molecule has 0 radical (unpaired) electrons. The molecule has 0 amide bonds.